The molecule has 1 aromatic heterocycles. The maximum Gasteiger partial charge on any atom is 0.142 e. The van der Waals surface area contributed by atoms with Gasteiger partial charge in [-0.2, -0.15) is 5.26 Å². The highest BCUT2D eigenvalue weighted by Crippen LogP contribution is 2.26. The van der Waals surface area contributed by atoms with Crippen molar-refractivity contribution in [2.24, 2.45) is 0 Å². The van der Waals surface area contributed by atoms with Crippen LogP contribution in [0.4, 0.5) is 11.4 Å². The minimum atomic E-state index is 0.357. The maximum absolute atomic E-state index is 8.73. The van der Waals surface area contributed by atoms with E-state index < -0.39 is 0 Å². The molecule has 0 aliphatic rings. The predicted molar refractivity (Wildman–Crippen MR) is 68.7 cm³/mol. The number of hydrogen-bond acceptors (Lipinski definition) is 3. The van der Waals surface area contributed by atoms with E-state index in [1.54, 1.807) is 36.5 Å². The van der Waals surface area contributed by atoms with Gasteiger partial charge in [-0.1, -0.05) is 23.2 Å². The Labute approximate surface area is 109 Å². The van der Waals surface area contributed by atoms with Gasteiger partial charge in [0.15, 0.2) is 0 Å². The maximum atomic E-state index is 8.73. The van der Waals surface area contributed by atoms with Crippen molar-refractivity contribution in [2.75, 3.05) is 5.32 Å². The Kier molecular flexibility index (Phi) is 3.48. The van der Waals surface area contributed by atoms with Crippen molar-refractivity contribution in [1.82, 2.24) is 4.98 Å². The van der Waals surface area contributed by atoms with E-state index in [4.69, 9.17) is 28.5 Å². The zero-order valence-electron chi connectivity index (χ0n) is 8.61. The van der Waals surface area contributed by atoms with E-state index in [-0.39, 0.29) is 0 Å². The van der Waals surface area contributed by atoms with Crippen LogP contribution in [0.2, 0.25) is 10.0 Å². The van der Waals surface area contributed by atoms with E-state index in [1.807, 2.05) is 6.07 Å². The standard InChI is InChI=1S/C12H7Cl2N3/c13-11-2-1-8(6-12(11)14)17-9-3-4-16-10(5-9)7-15/h1-6H,(H,16,17). The molecule has 84 valence electrons. The summed E-state index contributed by atoms with van der Waals surface area (Å²) in [5.41, 5.74) is 1.93. The minimum Gasteiger partial charge on any atom is -0.355 e. The zero-order chi connectivity index (χ0) is 12.3. The van der Waals surface area contributed by atoms with Gasteiger partial charge in [-0.05, 0) is 30.3 Å². The van der Waals surface area contributed by atoms with Crippen molar-refractivity contribution in [3.05, 3.63) is 52.3 Å². The lowest BCUT2D eigenvalue weighted by Crippen LogP contribution is -1.92. The predicted octanol–water partition coefficient (Wildman–Crippen LogP) is 4.00. The highest BCUT2D eigenvalue weighted by atomic mass is 35.5. The molecule has 0 radical (unpaired) electrons. The molecule has 17 heavy (non-hydrogen) atoms. The molecule has 0 saturated heterocycles. The number of hydrogen-bond donors (Lipinski definition) is 1. The average Bonchev–Trinajstić information content (AvgIpc) is 2.34. The Morgan fingerprint density at radius 2 is 1.82 bits per heavy atom. The Hall–Kier alpha value is -1.76. The van der Waals surface area contributed by atoms with Crippen LogP contribution in [0.1, 0.15) is 5.69 Å². The molecule has 1 aromatic carbocycles. The first-order chi connectivity index (χ1) is 8.19. The van der Waals surface area contributed by atoms with Crippen LogP contribution in [-0.2, 0) is 0 Å². The molecule has 2 aromatic rings. The Morgan fingerprint density at radius 1 is 1.06 bits per heavy atom. The molecule has 5 heteroatoms. The lowest BCUT2D eigenvalue weighted by molar-refractivity contribution is 1.26. The van der Waals surface area contributed by atoms with Gasteiger partial charge >= 0.3 is 0 Å². The number of pyridine rings is 1. The molecule has 0 amide bonds. The Morgan fingerprint density at radius 3 is 2.53 bits per heavy atom. The third kappa shape index (κ3) is 2.88. The minimum absolute atomic E-state index is 0.357. The van der Waals surface area contributed by atoms with Crippen molar-refractivity contribution in [2.45, 2.75) is 0 Å². The number of benzene rings is 1. The number of rotatable bonds is 2. The lowest BCUT2D eigenvalue weighted by Gasteiger charge is -2.07. The van der Waals surface area contributed by atoms with Crippen LogP contribution < -0.4 is 5.32 Å². The second-order valence-corrected chi connectivity index (χ2v) is 4.11. The molecule has 0 unspecified atom stereocenters. The molecule has 0 atom stereocenters. The molecule has 1 heterocycles. The number of aromatic nitrogens is 1. The van der Waals surface area contributed by atoms with Crippen molar-refractivity contribution in [3.63, 3.8) is 0 Å². The summed E-state index contributed by atoms with van der Waals surface area (Å²) in [6.07, 6.45) is 1.57. The summed E-state index contributed by atoms with van der Waals surface area (Å²) in [5.74, 6) is 0. The van der Waals surface area contributed by atoms with Crippen LogP contribution in [0.5, 0.6) is 0 Å². The highest BCUT2D eigenvalue weighted by Gasteiger charge is 2.01. The number of nitrogens with one attached hydrogen (secondary N) is 1. The second-order valence-electron chi connectivity index (χ2n) is 3.30. The summed E-state index contributed by atoms with van der Waals surface area (Å²) in [6, 6.07) is 10.6. The third-order valence-corrected chi connectivity index (χ3v) is 2.82. The van der Waals surface area contributed by atoms with E-state index in [0.717, 1.165) is 11.4 Å². The Balaban J connectivity index is 2.25. The van der Waals surface area contributed by atoms with E-state index in [2.05, 4.69) is 10.3 Å². The summed E-state index contributed by atoms with van der Waals surface area (Å²) in [4.78, 5) is 3.88. The molecule has 0 aliphatic carbocycles. The average molecular weight is 264 g/mol. The topological polar surface area (TPSA) is 48.7 Å². The fourth-order valence-corrected chi connectivity index (χ4v) is 1.61. The number of halogens is 2. The van der Waals surface area contributed by atoms with E-state index in [1.165, 1.54) is 0 Å². The highest BCUT2D eigenvalue weighted by molar-refractivity contribution is 6.42. The van der Waals surface area contributed by atoms with Crippen molar-refractivity contribution >= 4 is 34.6 Å². The van der Waals surface area contributed by atoms with E-state index >= 15 is 0 Å². The van der Waals surface area contributed by atoms with Gasteiger partial charge in [0.1, 0.15) is 11.8 Å². The summed E-state index contributed by atoms with van der Waals surface area (Å²) in [6.45, 7) is 0. The molecule has 1 N–H and O–H groups in total. The molecule has 0 fully saturated rings. The van der Waals surface area contributed by atoms with E-state index in [9.17, 15) is 0 Å². The molecular formula is C12H7Cl2N3. The van der Waals surface area contributed by atoms with Crippen LogP contribution in [-0.4, -0.2) is 4.98 Å². The van der Waals surface area contributed by atoms with Gasteiger partial charge in [0.2, 0.25) is 0 Å². The molecule has 0 spiro atoms. The van der Waals surface area contributed by atoms with Gasteiger partial charge in [0.05, 0.1) is 10.0 Å². The van der Waals surface area contributed by atoms with Crippen molar-refractivity contribution in [1.29, 1.82) is 5.26 Å². The van der Waals surface area contributed by atoms with Crippen LogP contribution in [0.15, 0.2) is 36.5 Å². The Bertz CT molecular complexity index is 591. The normalized spacial score (nSPS) is 9.71. The summed E-state index contributed by atoms with van der Waals surface area (Å²) < 4.78 is 0. The third-order valence-electron chi connectivity index (χ3n) is 2.08. The van der Waals surface area contributed by atoms with Gasteiger partial charge in [0.25, 0.3) is 0 Å². The van der Waals surface area contributed by atoms with Gasteiger partial charge in [0, 0.05) is 17.6 Å². The largest absolute Gasteiger partial charge is 0.355 e. The van der Waals surface area contributed by atoms with Crippen LogP contribution >= 0.6 is 23.2 Å². The smallest absolute Gasteiger partial charge is 0.142 e. The quantitative estimate of drug-likeness (QED) is 0.891. The van der Waals surface area contributed by atoms with E-state index in [0.29, 0.717) is 15.7 Å². The van der Waals surface area contributed by atoms with Crippen LogP contribution in [0, 0.1) is 11.3 Å². The summed E-state index contributed by atoms with van der Waals surface area (Å²) in [7, 11) is 0. The zero-order valence-corrected chi connectivity index (χ0v) is 10.1. The molecule has 3 nitrogen and oxygen atoms in total. The second kappa shape index (κ2) is 5.05. The van der Waals surface area contributed by atoms with Crippen molar-refractivity contribution < 1.29 is 0 Å². The fourth-order valence-electron chi connectivity index (χ4n) is 1.31. The number of nitrogens with zero attached hydrogens (tertiary/aromatic N) is 2. The van der Waals surface area contributed by atoms with Gasteiger partial charge in [-0.3, -0.25) is 0 Å². The molecular weight excluding hydrogens is 257 g/mol. The summed E-state index contributed by atoms with van der Waals surface area (Å²) in [5, 5.41) is 12.8. The van der Waals surface area contributed by atoms with Crippen LogP contribution in [0.3, 0.4) is 0 Å². The first-order valence-corrected chi connectivity index (χ1v) is 5.53. The summed E-state index contributed by atoms with van der Waals surface area (Å²) >= 11 is 11.7. The monoisotopic (exact) mass is 263 g/mol. The number of nitriles is 1. The molecule has 2 rings (SSSR count). The fraction of sp³-hybridized carbons (Fsp3) is 0. The lowest BCUT2D eigenvalue weighted by atomic mass is 10.3. The SMILES string of the molecule is N#Cc1cc(Nc2ccc(Cl)c(Cl)c2)ccn1. The van der Waals surface area contributed by atoms with Crippen LogP contribution in [0.25, 0.3) is 0 Å². The number of anilines is 2. The molecule has 0 aliphatic heterocycles. The first-order valence-electron chi connectivity index (χ1n) is 4.77. The molecule has 0 saturated carbocycles. The van der Waals surface area contributed by atoms with Gasteiger partial charge in [-0.15, -0.1) is 0 Å². The first kappa shape index (κ1) is 11.7. The van der Waals surface area contributed by atoms with Gasteiger partial charge < -0.3 is 5.32 Å². The van der Waals surface area contributed by atoms with Gasteiger partial charge in [-0.25, -0.2) is 4.98 Å². The van der Waals surface area contributed by atoms with Crippen molar-refractivity contribution in [3.8, 4) is 6.07 Å². The molecule has 0 bridgehead atoms.